The van der Waals surface area contributed by atoms with E-state index in [1.807, 2.05) is 0 Å². The van der Waals surface area contributed by atoms with E-state index < -0.39 is 0 Å². The predicted octanol–water partition coefficient (Wildman–Crippen LogP) is 4.65. The van der Waals surface area contributed by atoms with Gasteiger partial charge in [-0.3, -0.25) is 0 Å². The number of hydrogen-bond donors (Lipinski definition) is 1. The molecule has 2 N–H and O–H groups in total. The molecule has 0 atom stereocenters. The zero-order valence-electron chi connectivity index (χ0n) is 10.8. The highest BCUT2D eigenvalue weighted by Crippen LogP contribution is 2.15. The van der Waals surface area contributed by atoms with Gasteiger partial charge in [0.05, 0.1) is 0 Å². The van der Waals surface area contributed by atoms with Gasteiger partial charge in [0.1, 0.15) is 0 Å². The molecule has 1 fully saturated rings. The molecule has 1 heteroatoms. The van der Waals surface area contributed by atoms with Crippen LogP contribution in [0.25, 0.3) is 0 Å². The molecule has 0 heterocycles. The Balaban J connectivity index is 0.000000280. The number of rotatable bonds is 6. The molecule has 0 spiro atoms. The Morgan fingerprint density at radius 1 is 0.667 bits per heavy atom. The lowest BCUT2D eigenvalue weighted by atomic mass is 10.0. The van der Waals surface area contributed by atoms with Gasteiger partial charge >= 0.3 is 0 Å². The van der Waals surface area contributed by atoms with Crippen molar-refractivity contribution in [2.75, 3.05) is 6.54 Å². The first kappa shape index (κ1) is 15.0. The van der Waals surface area contributed by atoms with Crippen LogP contribution in [0.1, 0.15) is 84.0 Å². The minimum Gasteiger partial charge on any atom is -0.330 e. The van der Waals surface area contributed by atoms with E-state index in [-0.39, 0.29) is 0 Å². The Bertz CT molecular complexity index is 80.0. The third-order valence-electron chi connectivity index (χ3n) is 3.06. The topological polar surface area (TPSA) is 26.0 Å². The van der Waals surface area contributed by atoms with Crippen LogP contribution in [0.5, 0.6) is 0 Å². The average Bonchev–Trinajstić information content (AvgIpc) is 2.32. The van der Waals surface area contributed by atoms with E-state index in [2.05, 4.69) is 6.92 Å². The molecule has 0 aliphatic heterocycles. The average molecular weight is 213 g/mol. The second-order valence-corrected chi connectivity index (χ2v) is 4.68. The van der Waals surface area contributed by atoms with Crippen LogP contribution in [0.4, 0.5) is 0 Å². The summed E-state index contributed by atoms with van der Waals surface area (Å²) in [6.45, 7) is 3.11. The van der Waals surface area contributed by atoms with Crippen LogP contribution in [-0.4, -0.2) is 6.54 Å². The fraction of sp³-hybridized carbons (Fsp3) is 1.00. The van der Waals surface area contributed by atoms with Crippen molar-refractivity contribution < 1.29 is 0 Å². The fourth-order valence-corrected chi connectivity index (χ4v) is 1.99. The van der Waals surface area contributed by atoms with Crippen molar-refractivity contribution in [3.05, 3.63) is 0 Å². The van der Waals surface area contributed by atoms with Crippen molar-refractivity contribution in [3.63, 3.8) is 0 Å². The van der Waals surface area contributed by atoms with Gasteiger partial charge in [-0.2, -0.15) is 0 Å². The van der Waals surface area contributed by atoms with Gasteiger partial charge in [-0.25, -0.2) is 0 Å². The van der Waals surface area contributed by atoms with E-state index >= 15 is 0 Å². The summed E-state index contributed by atoms with van der Waals surface area (Å²) in [5, 5.41) is 0. The van der Waals surface area contributed by atoms with Gasteiger partial charge in [0.2, 0.25) is 0 Å². The smallest absolute Gasteiger partial charge is 0.00773 e. The molecule has 15 heavy (non-hydrogen) atoms. The Morgan fingerprint density at radius 3 is 1.47 bits per heavy atom. The number of hydrogen-bond acceptors (Lipinski definition) is 1. The third-order valence-corrected chi connectivity index (χ3v) is 3.06. The summed E-state index contributed by atoms with van der Waals surface area (Å²) in [6, 6.07) is 0. The quantitative estimate of drug-likeness (QED) is 0.639. The van der Waals surface area contributed by atoms with Crippen LogP contribution in [0, 0.1) is 0 Å². The lowest BCUT2D eigenvalue weighted by Crippen LogP contribution is -1.97. The second-order valence-electron chi connectivity index (χ2n) is 4.68. The maximum absolute atomic E-state index is 5.34. The predicted molar refractivity (Wildman–Crippen MR) is 70.1 cm³/mol. The second kappa shape index (κ2) is 14.0. The molecule has 0 aromatic heterocycles. The first-order chi connectivity index (χ1) is 7.41. The van der Waals surface area contributed by atoms with Crippen LogP contribution < -0.4 is 5.73 Å². The highest BCUT2D eigenvalue weighted by molar-refractivity contribution is 4.51. The van der Waals surface area contributed by atoms with Gasteiger partial charge in [-0.1, -0.05) is 77.6 Å². The molecule has 1 rings (SSSR count). The molecule has 0 bridgehead atoms. The van der Waals surface area contributed by atoms with Crippen molar-refractivity contribution in [2.45, 2.75) is 84.0 Å². The molecule has 0 aromatic rings. The van der Waals surface area contributed by atoms with E-state index in [9.17, 15) is 0 Å². The van der Waals surface area contributed by atoms with Gasteiger partial charge in [-0.15, -0.1) is 0 Å². The van der Waals surface area contributed by atoms with Crippen molar-refractivity contribution >= 4 is 0 Å². The molecular weight excluding hydrogens is 182 g/mol. The summed E-state index contributed by atoms with van der Waals surface area (Å²) < 4.78 is 0. The van der Waals surface area contributed by atoms with Crippen molar-refractivity contribution in [3.8, 4) is 0 Å². The standard InChI is InChI=1S/C8H19N.C6H12/c1-2-3-4-5-6-7-8-9;1-2-4-6-5-3-1/h2-9H2,1H3;1-6H2. The summed E-state index contributed by atoms with van der Waals surface area (Å²) >= 11 is 0. The molecule has 1 saturated carbocycles. The summed E-state index contributed by atoms with van der Waals surface area (Å²) in [5.74, 6) is 0. The van der Waals surface area contributed by atoms with E-state index in [1.54, 1.807) is 0 Å². The Hall–Kier alpha value is -0.0400. The molecule has 1 aliphatic rings. The van der Waals surface area contributed by atoms with Crippen LogP contribution >= 0.6 is 0 Å². The van der Waals surface area contributed by atoms with Gasteiger partial charge in [0, 0.05) is 0 Å². The van der Waals surface area contributed by atoms with Gasteiger partial charge in [0.25, 0.3) is 0 Å². The van der Waals surface area contributed by atoms with E-state index in [0.29, 0.717) is 0 Å². The monoisotopic (exact) mass is 213 g/mol. The lowest BCUT2D eigenvalue weighted by molar-refractivity contribution is 0.504. The maximum atomic E-state index is 5.34. The van der Waals surface area contributed by atoms with E-state index in [4.69, 9.17) is 5.73 Å². The van der Waals surface area contributed by atoms with Crippen molar-refractivity contribution in [1.82, 2.24) is 0 Å². The molecular formula is C14H31N. The van der Waals surface area contributed by atoms with Crippen molar-refractivity contribution in [1.29, 1.82) is 0 Å². The van der Waals surface area contributed by atoms with Crippen LogP contribution in [0.15, 0.2) is 0 Å². The van der Waals surface area contributed by atoms with E-state index in [0.717, 1.165) is 6.54 Å². The normalized spacial score (nSPS) is 15.6. The Morgan fingerprint density at radius 2 is 1.07 bits per heavy atom. The molecule has 1 aliphatic carbocycles. The summed E-state index contributed by atoms with van der Waals surface area (Å²) in [4.78, 5) is 0. The first-order valence-electron chi connectivity index (χ1n) is 7.12. The molecule has 0 amide bonds. The largest absolute Gasteiger partial charge is 0.330 e. The molecule has 0 unspecified atom stereocenters. The summed E-state index contributed by atoms with van der Waals surface area (Å²) in [7, 11) is 0. The van der Waals surface area contributed by atoms with E-state index in [1.165, 1.54) is 77.0 Å². The van der Waals surface area contributed by atoms with Gasteiger partial charge in [-0.05, 0) is 13.0 Å². The Labute approximate surface area is 96.8 Å². The molecule has 0 aromatic carbocycles. The Kier molecular flexibility index (Phi) is 13.9. The van der Waals surface area contributed by atoms with Gasteiger partial charge < -0.3 is 5.73 Å². The zero-order valence-corrected chi connectivity index (χ0v) is 10.8. The molecule has 0 saturated heterocycles. The third kappa shape index (κ3) is 14.0. The van der Waals surface area contributed by atoms with Crippen LogP contribution in [0.2, 0.25) is 0 Å². The number of nitrogens with two attached hydrogens (primary N) is 1. The SMILES string of the molecule is C1CCCCC1.CCCCCCCCN. The van der Waals surface area contributed by atoms with Crippen LogP contribution in [0.3, 0.4) is 0 Å². The minimum atomic E-state index is 0.867. The maximum Gasteiger partial charge on any atom is -0.00773 e. The number of unbranched alkanes of at least 4 members (excludes halogenated alkanes) is 5. The molecule has 0 radical (unpaired) electrons. The molecule has 1 nitrogen and oxygen atoms in total. The zero-order chi connectivity index (χ0) is 11.2. The highest BCUT2D eigenvalue weighted by Gasteiger charge is 1.95. The highest BCUT2D eigenvalue weighted by atomic mass is 14.5. The summed E-state index contributed by atoms with van der Waals surface area (Å²) in [6.07, 6.45) is 17.1. The van der Waals surface area contributed by atoms with Crippen molar-refractivity contribution in [2.24, 2.45) is 5.73 Å². The first-order valence-corrected chi connectivity index (χ1v) is 7.12. The minimum absolute atomic E-state index is 0.867. The summed E-state index contributed by atoms with van der Waals surface area (Å²) in [5.41, 5.74) is 5.34. The molecule has 92 valence electrons. The lowest BCUT2D eigenvalue weighted by Gasteiger charge is -2.05. The van der Waals surface area contributed by atoms with Crippen LogP contribution in [-0.2, 0) is 0 Å². The fourth-order valence-electron chi connectivity index (χ4n) is 1.99. The van der Waals surface area contributed by atoms with Gasteiger partial charge in [0.15, 0.2) is 0 Å².